The molecule has 1 aromatic carbocycles. The second kappa shape index (κ2) is 4.38. The summed E-state index contributed by atoms with van der Waals surface area (Å²) in [5.74, 6) is -0.410. The Labute approximate surface area is 88.8 Å². The van der Waals surface area contributed by atoms with Gasteiger partial charge in [-0.2, -0.15) is 13.2 Å². The predicted octanol–water partition coefficient (Wildman–Crippen LogP) is 2.49. The lowest BCUT2D eigenvalue weighted by Crippen LogP contribution is -2.08. The third-order valence-corrected chi connectivity index (χ3v) is 1.88. The third-order valence-electron chi connectivity index (χ3n) is 1.88. The Morgan fingerprint density at radius 3 is 2.50 bits per heavy atom. The van der Waals surface area contributed by atoms with Gasteiger partial charge in [0, 0.05) is 10.5 Å². The van der Waals surface area contributed by atoms with Crippen molar-refractivity contribution >= 4 is 0 Å². The summed E-state index contributed by atoms with van der Waals surface area (Å²) in [7, 11) is 1.08. The second-order valence-corrected chi connectivity index (χ2v) is 3.02. The van der Waals surface area contributed by atoms with Gasteiger partial charge in [-0.25, -0.2) is 0 Å². The summed E-state index contributed by atoms with van der Waals surface area (Å²) >= 11 is 0. The number of rotatable bonds is 3. The number of ether oxygens (including phenoxy) is 1. The molecule has 1 rings (SSSR count). The van der Waals surface area contributed by atoms with Crippen molar-refractivity contribution in [1.82, 2.24) is 0 Å². The number of hydrogen-bond donors (Lipinski definition) is 0. The molecule has 0 fully saturated rings. The third kappa shape index (κ3) is 2.85. The predicted molar refractivity (Wildman–Crippen MR) is 48.7 cm³/mol. The lowest BCUT2D eigenvalue weighted by atomic mass is 10.1. The van der Waals surface area contributed by atoms with Gasteiger partial charge in [0.2, 0.25) is 6.54 Å². The van der Waals surface area contributed by atoms with E-state index in [-0.39, 0.29) is 5.56 Å². The first-order valence-corrected chi connectivity index (χ1v) is 4.20. The molecule has 0 aliphatic carbocycles. The molecule has 16 heavy (non-hydrogen) atoms. The molecule has 1 aromatic rings. The molecular weight excluding hydrogens is 227 g/mol. The van der Waals surface area contributed by atoms with E-state index in [9.17, 15) is 23.3 Å². The first-order chi connectivity index (χ1) is 7.34. The van der Waals surface area contributed by atoms with Gasteiger partial charge in [-0.15, -0.1) is 0 Å². The van der Waals surface area contributed by atoms with Gasteiger partial charge in [0.25, 0.3) is 0 Å². The van der Waals surface area contributed by atoms with Gasteiger partial charge in [-0.3, -0.25) is 10.1 Å². The minimum atomic E-state index is -4.53. The summed E-state index contributed by atoms with van der Waals surface area (Å²) in [6.07, 6.45) is -4.53. The van der Waals surface area contributed by atoms with Crippen molar-refractivity contribution in [2.75, 3.05) is 7.11 Å². The van der Waals surface area contributed by atoms with Gasteiger partial charge in [-0.05, 0) is 12.1 Å². The maximum atomic E-state index is 12.4. The number of alkyl halides is 3. The van der Waals surface area contributed by atoms with Crippen LogP contribution in [0.1, 0.15) is 11.1 Å². The minimum absolute atomic E-state index is 0.162. The highest BCUT2D eigenvalue weighted by molar-refractivity contribution is 5.39. The van der Waals surface area contributed by atoms with E-state index in [0.717, 1.165) is 25.3 Å². The minimum Gasteiger partial charge on any atom is -0.496 e. The molecule has 0 aliphatic rings. The Bertz CT molecular complexity index is 403. The highest BCUT2D eigenvalue weighted by atomic mass is 19.4. The molecule has 0 atom stereocenters. The lowest BCUT2D eigenvalue weighted by molar-refractivity contribution is -0.496. The van der Waals surface area contributed by atoms with Gasteiger partial charge in [-0.1, -0.05) is 6.07 Å². The molecule has 0 unspecified atom stereocenters. The van der Waals surface area contributed by atoms with E-state index in [1.165, 1.54) is 0 Å². The Morgan fingerprint density at radius 2 is 2.06 bits per heavy atom. The van der Waals surface area contributed by atoms with Crippen molar-refractivity contribution in [3.05, 3.63) is 39.4 Å². The van der Waals surface area contributed by atoms with E-state index < -0.39 is 29.0 Å². The quantitative estimate of drug-likeness (QED) is 0.597. The average Bonchev–Trinajstić information content (AvgIpc) is 2.14. The molecule has 0 bridgehead atoms. The van der Waals surface area contributed by atoms with E-state index >= 15 is 0 Å². The summed E-state index contributed by atoms with van der Waals surface area (Å²) in [5, 5.41) is 10.2. The fourth-order valence-electron chi connectivity index (χ4n) is 1.22. The van der Waals surface area contributed by atoms with Crippen LogP contribution < -0.4 is 4.74 Å². The number of methoxy groups -OCH3 is 1. The zero-order chi connectivity index (χ0) is 12.3. The molecule has 0 amide bonds. The van der Waals surface area contributed by atoms with Crippen LogP contribution >= 0.6 is 0 Å². The van der Waals surface area contributed by atoms with Gasteiger partial charge in [0.15, 0.2) is 0 Å². The van der Waals surface area contributed by atoms with Crippen molar-refractivity contribution < 1.29 is 22.8 Å². The fourth-order valence-corrected chi connectivity index (χ4v) is 1.22. The van der Waals surface area contributed by atoms with Crippen LogP contribution in [0, 0.1) is 10.1 Å². The van der Waals surface area contributed by atoms with Crippen molar-refractivity contribution in [3.63, 3.8) is 0 Å². The van der Waals surface area contributed by atoms with E-state index in [0.29, 0.717) is 0 Å². The summed E-state index contributed by atoms with van der Waals surface area (Å²) in [6, 6.07) is 2.86. The second-order valence-electron chi connectivity index (χ2n) is 3.02. The van der Waals surface area contributed by atoms with E-state index in [1.54, 1.807) is 0 Å². The summed E-state index contributed by atoms with van der Waals surface area (Å²) in [5.41, 5.74) is -0.781. The maximum absolute atomic E-state index is 12.4. The fraction of sp³-hybridized carbons (Fsp3) is 0.333. The number of nitro groups is 1. The van der Waals surface area contributed by atoms with Crippen LogP contribution in [0.2, 0.25) is 0 Å². The molecular formula is C9H8F3NO3. The summed E-state index contributed by atoms with van der Waals surface area (Å²) < 4.78 is 41.8. The van der Waals surface area contributed by atoms with Crippen molar-refractivity contribution in [3.8, 4) is 5.75 Å². The first-order valence-electron chi connectivity index (χ1n) is 4.20. The Balaban J connectivity index is 3.12. The maximum Gasteiger partial charge on any atom is 0.419 e. The highest BCUT2D eigenvalue weighted by Crippen LogP contribution is 2.36. The Hall–Kier alpha value is -1.79. The molecule has 7 heteroatoms. The highest BCUT2D eigenvalue weighted by Gasteiger charge is 2.34. The average molecular weight is 235 g/mol. The number of benzene rings is 1. The largest absolute Gasteiger partial charge is 0.496 e. The van der Waals surface area contributed by atoms with Crippen molar-refractivity contribution in [1.29, 1.82) is 0 Å². The smallest absolute Gasteiger partial charge is 0.419 e. The number of halogens is 3. The molecule has 0 radical (unpaired) electrons. The molecule has 0 spiro atoms. The number of hydrogen-bond acceptors (Lipinski definition) is 3. The molecule has 4 nitrogen and oxygen atoms in total. The van der Waals surface area contributed by atoms with Gasteiger partial charge >= 0.3 is 6.18 Å². The molecule has 0 N–H and O–H groups in total. The SMILES string of the molecule is COc1cc(C[N+](=O)[O-])ccc1C(F)(F)F. The monoisotopic (exact) mass is 235 g/mol. The van der Waals surface area contributed by atoms with Crippen LogP contribution in [0.15, 0.2) is 18.2 Å². The van der Waals surface area contributed by atoms with Gasteiger partial charge in [0.05, 0.1) is 12.7 Å². The molecule has 0 saturated heterocycles. The zero-order valence-corrected chi connectivity index (χ0v) is 8.25. The van der Waals surface area contributed by atoms with Crippen LogP contribution in [0.3, 0.4) is 0 Å². The molecule has 0 saturated carbocycles. The number of nitrogens with zero attached hydrogens (tertiary/aromatic N) is 1. The van der Waals surface area contributed by atoms with Crippen LogP contribution in [-0.4, -0.2) is 12.0 Å². The zero-order valence-electron chi connectivity index (χ0n) is 8.25. The van der Waals surface area contributed by atoms with Crippen LogP contribution in [0.4, 0.5) is 13.2 Å². The van der Waals surface area contributed by atoms with Crippen LogP contribution in [0.5, 0.6) is 5.75 Å². The van der Waals surface area contributed by atoms with E-state index in [4.69, 9.17) is 0 Å². The normalized spacial score (nSPS) is 11.2. The van der Waals surface area contributed by atoms with Crippen molar-refractivity contribution in [2.24, 2.45) is 0 Å². The molecule has 0 heterocycles. The van der Waals surface area contributed by atoms with Gasteiger partial charge in [0.1, 0.15) is 5.75 Å². The summed E-state index contributed by atoms with van der Waals surface area (Å²) in [4.78, 5) is 9.57. The molecule has 0 aromatic heterocycles. The van der Waals surface area contributed by atoms with Crippen LogP contribution in [-0.2, 0) is 12.7 Å². The Morgan fingerprint density at radius 1 is 1.44 bits per heavy atom. The van der Waals surface area contributed by atoms with Gasteiger partial charge < -0.3 is 4.74 Å². The van der Waals surface area contributed by atoms with E-state index in [1.807, 2.05) is 0 Å². The van der Waals surface area contributed by atoms with Crippen LogP contribution in [0.25, 0.3) is 0 Å². The topological polar surface area (TPSA) is 52.4 Å². The Kier molecular flexibility index (Phi) is 3.36. The standard InChI is InChI=1S/C9H8F3NO3/c1-16-8-4-6(5-13(14)15)2-3-7(8)9(10,11)12/h2-4H,5H2,1H3. The lowest BCUT2D eigenvalue weighted by Gasteiger charge is -2.12. The van der Waals surface area contributed by atoms with E-state index in [2.05, 4.69) is 4.74 Å². The molecule has 0 aliphatic heterocycles. The summed E-state index contributed by atoms with van der Waals surface area (Å²) in [6.45, 7) is -0.533. The molecule has 88 valence electrons. The first kappa shape index (κ1) is 12.3. The van der Waals surface area contributed by atoms with Crippen molar-refractivity contribution in [2.45, 2.75) is 12.7 Å².